The average molecular weight is 269 g/mol. The molecule has 0 aromatic rings. The Hall–Kier alpha value is -1.77. The van der Waals surface area contributed by atoms with Gasteiger partial charge in [-0.05, 0) is 12.3 Å². The molecule has 1 N–H and O–H groups in total. The minimum atomic E-state index is -1.02. The number of nitriles is 1. The third kappa shape index (κ3) is 7.29. The Morgan fingerprint density at radius 2 is 1.89 bits per heavy atom. The Bertz CT molecular complexity index is 337. The van der Waals surface area contributed by atoms with Gasteiger partial charge in [0.25, 0.3) is 0 Å². The van der Waals surface area contributed by atoms with Gasteiger partial charge in [0.15, 0.2) is 0 Å². The van der Waals surface area contributed by atoms with Crippen LogP contribution >= 0.6 is 0 Å². The predicted molar refractivity (Wildman–Crippen MR) is 71.5 cm³/mol. The van der Waals surface area contributed by atoms with Crippen LogP contribution in [-0.2, 0) is 4.79 Å². The van der Waals surface area contributed by atoms with E-state index < -0.39 is 5.97 Å². The molecule has 19 heavy (non-hydrogen) atoms. The highest BCUT2D eigenvalue weighted by atomic mass is 16.4. The van der Waals surface area contributed by atoms with Crippen LogP contribution in [0.25, 0.3) is 0 Å². The number of carboxylic acids is 1. The number of aliphatic carboxylic acids is 1. The molecule has 6 nitrogen and oxygen atoms in total. The van der Waals surface area contributed by atoms with Gasteiger partial charge in [-0.25, -0.2) is 4.79 Å². The van der Waals surface area contributed by atoms with Crippen molar-refractivity contribution >= 4 is 12.0 Å². The Kier molecular flexibility index (Phi) is 8.34. The van der Waals surface area contributed by atoms with Crippen molar-refractivity contribution in [3.05, 3.63) is 0 Å². The molecule has 0 saturated carbocycles. The minimum Gasteiger partial charge on any atom is -0.480 e. The number of carboxylic acid groups (broad SMARTS) is 1. The molecule has 108 valence electrons. The van der Waals surface area contributed by atoms with Gasteiger partial charge in [0.2, 0.25) is 0 Å². The minimum absolute atomic E-state index is 0.255. The molecule has 0 aromatic carbocycles. The van der Waals surface area contributed by atoms with E-state index in [1.165, 1.54) is 4.90 Å². The summed E-state index contributed by atoms with van der Waals surface area (Å²) in [5, 5.41) is 17.5. The van der Waals surface area contributed by atoms with Gasteiger partial charge in [-0.15, -0.1) is 0 Å². The van der Waals surface area contributed by atoms with Crippen molar-refractivity contribution < 1.29 is 14.7 Å². The second-order valence-electron chi connectivity index (χ2n) is 4.85. The Balaban J connectivity index is 4.78. The molecule has 6 heteroatoms. The van der Waals surface area contributed by atoms with Crippen molar-refractivity contribution in [2.24, 2.45) is 5.92 Å². The van der Waals surface area contributed by atoms with Crippen molar-refractivity contribution in [2.45, 2.75) is 33.6 Å². The van der Waals surface area contributed by atoms with Gasteiger partial charge in [0.1, 0.15) is 6.54 Å². The first-order valence-electron chi connectivity index (χ1n) is 6.54. The molecule has 0 saturated heterocycles. The monoisotopic (exact) mass is 269 g/mol. The van der Waals surface area contributed by atoms with Crippen molar-refractivity contribution in [2.75, 3.05) is 26.2 Å². The number of amides is 2. The van der Waals surface area contributed by atoms with Crippen molar-refractivity contribution in [3.63, 3.8) is 0 Å². The molecule has 0 aliphatic heterocycles. The number of hydrogen-bond donors (Lipinski definition) is 1. The van der Waals surface area contributed by atoms with E-state index in [1.807, 2.05) is 26.8 Å². The largest absolute Gasteiger partial charge is 0.480 e. The smallest absolute Gasteiger partial charge is 0.323 e. The lowest BCUT2D eigenvalue weighted by Crippen LogP contribution is -2.47. The molecule has 2 amide bonds. The molecule has 0 aromatic heterocycles. The molecule has 0 rings (SSSR count). The molecule has 0 atom stereocenters. The summed E-state index contributed by atoms with van der Waals surface area (Å²) in [6, 6.07) is 1.71. The third-order valence-electron chi connectivity index (χ3n) is 2.44. The maximum absolute atomic E-state index is 12.3. The molecule has 0 bridgehead atoms. The van der Waals surface area contributed by atoms with Gasteiger partial charge in [0.05, 0.1) is 12.5 Å². The summed E-state index contributed by atoms with van der Waals surface area (Å²) in [4.78, 5) is 26.0. The number of nitrogens with zero attached hydrogens (tertiary/aromatic N) is 3. The van der Waals surface area contributed by atoms with Crippen molar-refractivity contribution in [1.82, 2.24) is 9.80 Å². The zero-order valence-electron chi connectivity index (χ0n) is 11.9. The average Bonchev–Trinajstić information content (AvgIpc) is 2.32. The Morgan fingerprint density at radius 1 is 1.26 bits per heavy atom. The normalized spacial score (nSPS) is 10.1. The fourth-order valence-corrected chi connectivity index (χ4v) is 1.77. The van der Waals surface area contributed by atoms with Crippen LogP contribution in [0.3, 0.4) is 0 Å². The van der Waals surface area contributed by atoms with Gasteiger partial charge in [0, 0.05) is 19.6 Å². The Morgan fingerprint density at radius 3 is 2.32 bits per heavy atom. The summed E-state index contributed by atoms with van der Waals surface area (Å²) in [7, 11) is 0. The molecule has 0 aliphatic rings. The summed E-state index contributed by atoms with van der Waals surface area (Å²) in [5.41, 5.74) is 0. The van der Waals surface area contributed by atoms with Gasteiger partial charge in [-0.1, -0.05) is 20.8 Å². The van der Waals surface area contributed by atoms with Crippen LogP contribution in [0, 0.1) is 17.2 Å². The van der Waals surface area contributed by atoms with Crippen LogP contribution in [0.2, 0.25) is 0 Å². The number of hydrogen-bond acceptors (Lipinski definition) is 3. The van der Waals surface area contributed by atoms with Crippen LogP contribution < -0.4 is 0 Å². The van der Waals surface area contributed by atoms with Gasteiger partial charge in [-0.3, -0.25) is 4.79 Å². The standard InChI is InChI=1S/C13H23N3O3/c1-4-7-15(10-12(17)18)13(19)16(8-5-6-14)9-11(2)3/h11H,4-5,7-10H2,1-3H3,(H,17,18). The second kappa shape index (κ2) is 9.20. The van der Waals surface area contributed by atoms with E-state index in [1.54, 1.807) is 4.90 Å². The number of carbonyl (C=O) groups is 2. The number of carbonyl (C=O) groups excluding carboxylic acids is 1. The van der Waals surface area contributed by atoms with E-state index in [4.69, 9.17) is 10.4 Å². The molecule has 0 radical (unpaired) electrons. The molecular formula is C13H23N3O3. The predicted octanol–water partition coefficient (Wildman–Crippen LogP) is 1.77. The van der Waals surface area contributed by atoms with Crippen LogP contribution in [-0.4, -0.2) is 53.1 Å². The van der Waals surface area contributed by atoms with E-state index in [0.717, 1.165) is 0 Å². The fraction of sp³-hybridized carbons (Fsp3) is 0.769. The van der Waals surface area contributed by atoms with Crippen LogP contribution in [0.4, 0.5) is 4.79 Å². The van der Waals surface area contributed by atoms with Gasteiger partial charge >= 0.3 is 12.0 Å². The lowest BCUT2D eigenvalue weighted by molar-refractivity contribution is -0.137. The van der Waals surface area contributed by atoms with Crippen molar-refractivity contribution in [3.8, 4) is 6.07 Å². The van der Waals surface area contributed by atoms with E-state index in [-0.39, 0.29) is 24.9 Å². The van der Waals surface area contributed by atoms with E-state index in [2.05, 4.69) is 0 Å². The van der Waals surface area contributed by atoms with Gasteiger partial charge < -0.3 is 14.9 Å². The highest BCUT2D eigenvalue weighted by Gasteiger charge is 2.22. The lowest BCUT2D eigenvalue weighted by atomic mass is 10.2. The summed E-state index contributed by atoms with van der Waals surface area (Å²) in [5.74, 6) is -0.748. The topological polar surface area (TPSA) is 84.6 Å². The molecule has 0 heterocycles. The molecule has 0 aliphatic carbocycles. The maximum atomic E-state index is 12.3. The summed E-state index contributed by atoms with van der Waals surface area (Å²) >= 11 is 0. The second-order valence-corrected chi connectivity index (χ2v) is 4.85. The summed E-state index contributed by atoms with van der Waals surface area (Å²) < 4.78 is 0. The molecule has 0 fully saturated rings. The van der Waals surface area contributed by atoms with Crippen LogP contribution in [0.15, 0.2) is 0 Å². The zero-order chi connectivity index (χ0) is 14.8. The lowest BCUT2D eigenvalue weighted by Gasteiger charge is -2.30. The summed E-state index contributed by atoms with van der Waals surface area (Å²) in [6.07, 6.45) is 0.957. The third-order valence-corrected chi connectivity index (χ3v) is 2.44. The van der Waals surface area contributed by atoms with E-state index >= 15 is 0 Å². The first-order valence-corrected chi connectivity index (χ1v) is 6.54. The highest BCUT2D eigenvalue weighted by molar-refractivity contribution is 5.80. The van der Waals surface area contributed by atoms with E-state index in [0.29, 0.717) is 26.1 Å². The number of rotatable bonds is 8. The quantitative estimate of drug-likeness (QED) is 0.727. The first kappa shape index (κ1) is 17.2. The zero-order valence-corrected chi connectivity index (χ0v) is 11.9. The van der Waals surface area contributed by atoms with Gasteiger partial charge in [-0.2, -0.15) is 5.26 Å². The molecule has 0 spiro atoms. The first-order chi connectivity index (χ1) is 8.92. The fourth-order valence-electron chi connectivity index (χ4n) is 1.77. The van der Waals surface area contributed by atoms with E-state index in [9.17, 15) is 9.59 Å². The highest BCUT2D eigenvalue weighted by Crippen LogP contribution is 2.06. The summed E-state index contributed by atoms with van der Waals surface area (Å²) in [6.45, 7) is 6.83. The Labute approximate surface area is 114 Å². The number of urea groups is 1. The van der Waals surface area contributed by atoms with Crippen molar-refractivity contribution in [1.29, 1.82) is 5.26 Å². The SMILES string of the molecule is CCCN(CC(=O)O)C(=O)N(CCC#N)CC(C)C. The molecular weight excluding hydrogens is 246 g/mol. The van der Waals surface area contributed by atoms with Crippen LogP contribution in [0.5, 0.6) is 0 Å². The molecule has 0 unspecified atom stereocenters. The maximum Gasteiger partial charge on any atom is 0.323 e. The van der Waals surface area contributed by atoms with Crippen LogP contribution in [0.1, 0.15) is 33.6 Å².